The lowest BCUT2D eigenvalue weighted by Crippen LogP contribution is -2.46. The van der Waals surface area contributed by atoms with Crippen LogP contribution in [0.5, 0.6) is 0 Å². The zero-order valence-corrected chi connectivity index (χ0v) is 13.3. The van der Waals surface area contributed by atoms with Crippen LogP contribution >= 0.6 is 11.6 Å². The summed E-state index contributed by atoms with van der Waals surface area (Å²) in [6.07, 6.45) is 8.53. The second-order valence-corrected chi connectivity index (χ2v) is 6.43. The van der Waals surface area contributed by atoms with E-state index < -0.39 is 5.54 Å². The van der Waals surface area contributed by atoms with Crippen molar-refractivity contribution >= 4 is 17.1 Å². The van der Waals surface area contributed by atoms with Crippen LogP contribution in [-0.2, 0) is 5.54 Å². The van der Waals surface area contributed by atoms with E-state index in [4.69, 9.17) is 22.1 Å². The number of fused-ring (bicyclic) bond motifs is 1. The monoisotopic (exact) mass is 337 g/mol. The van der Waals surface area contributed by atoms with Crippen LogP contribution in [0.1, 0.15) is 19.3 Å². The van der Waals surface area contributed by atoms with Gasteiger partial charge in [0.05, 0.1) is 54.1 Å². The molecule has 1 aliphatic rings. The van der Waals surface area contributed by atoms with Gasteiger partial charge in [0.2, 0.25) is 0 Å². The van der Waals surface area contributed by atoms with Gasteiger partial charge in [0.1, 0.15) is 10.8 Å². The van der Waals surface area contributed by atoms with E-state index in [0.717, 1.165) is 11.1 Å². The highest BCUT2D eigenvalue weighted by Crippen LogP contribution is 2.46. The fraction of sp³-hybridized carbons (Fsp3) is 0.312. The molecule has 24 heavy (non-hydrogen) atoms. The third-order valence-electron chi connectivity index (χ3n) is 4.55. The van der Waals surface area contributed by atoms with Crippen LogP contribution in [0.2, 0.25) is 5.15 Å². The van der Waals surface area contributed by atoms with Gasteiger partial charge in [-0.2, -0.15) is 20.7 Å². The number of aromatic nitrogens is 5. The first kappa shape index (κ1) is 14.7. The summed E-state index contributed by atoms with van der Waals surface area (Å²) in [5.41, 5.74) is 1.93. The van der Waals surface area contributed by atoms with Crippen LogP contribution in [0.15, 0.2) is 30.9 Å². The van der Waals surface area contributed by atoms with Gasteiger partial charge in [0.15, 0.2) is 0 Å². The van der Waals surface area contributed by atoms with Crippen molar-refractivity contribution < 1.29 is 0 Å². The van der Waals surface area contributed by atoms with Crippen LogP contribution < -0.4 is 0 Å². The van der Waals surface area contributed by atoms with Gasteiger partial charge < -0.3 is 0 Å². The van der Waals surface area contributed by atoms with Crippen molar-refractivity contribution in [3.8, 4) is 23.4 Å². The molecular formula is C16H12ClN7. The predicted octanol–water partition coefficient (Wildman–Crippen LogP) is 2.79. The summed E-state index contributed by atoms with van der Waals surface area (Å²) in [6.45, 7) is 0. The molecule has 1 fully saturated rings. The van der Waals surface area contributed by atoms with E-state index in [9.17, 15) is 0 Å². The quantitative estimate of drug-likeness (QED) is 0.732. The molecule has 3 aromatic rings. The Morgan fingerprint density at radius 1 is 1.29 bits per heavy atom. The maximum Gasteiger partial charge on any atom is 0.148 e. The van der Waals surface area contributed by atoms with Crippen molar-refractivity contribution in [3.63, 3.8) is 0 Å². The van der Waals surface area contributed by atoms with Gasteiger partial charge in [0, 0.05) is 11.8 Å². The fourth-order valence-electron chi connectivity index (χ4n) is 3.32. The number of hydrogen-bond donors (Lipinski definition) is 0. The van der Waals surface area contributed by atoms with E-state index in [2.05, 4.69) is 27.3 Å². The number of rotatable bonds is 3. The fourth-order valence-corrected chi connectivity index (χ4v) is 3.50. The minimum atomic E-state index is -0.400. The molecule has 8 heteroatoms. The zero-order chi connectivity index (χ0) is 16.7. The second-order valence-electron chi connectivity index (χ2n) is 6.04. The first-order chi connectivity index (χ1) is 11.6. The highest BCUT2D eigenvalue weighted by atomic mass is 35.5. The molecule has 3 aromatic heterocycles. The normalized spacial score (nSPS) is 22.7. The molecule has 0 amide bonds. The van der Waals surface area contributed by atoms with Gasteiger partial charge in [-0.1, -0.05) is 11.6 Å². The van der Waals surface area contributed by atoms with E-state index in [0.29, 0.717) is 30.1 Å². The van der Waals surface area contributed by atoms with Gasteiger partial charge in [-0.15, -0.1) is 0 Å². The third kappa shape index (κ3) is 2.14. The van der Waals surface area contributed by atoms with Crippen LogP contribution in [0.25, 0.3) is 16.8 Å². The molecule has 3 heterocycles. The summed E-state index contributed by atoms with van der Waals surface area (Å²) in [7, 11) is 0. The number of nitrogens with zero attached hydrogens (tertiary/aromatic N) is 7. The minimum absolute atomic E-state index is 0.0168. The molecule has 7 nitrogen and oxygen atoms in total. The first-order valence-corrected chi connectivity index (χ1v) is 7.85. The Hall–Kier alpha value is -2.90. The summed E-state index contributed by atoms with van der Waals surface area (Å²) in [6, 6.07) is 6.33. The molecule has 0 aliphatic heterocycles. The van der Waals surface area contributed by atoms with Gasteiger partial charge in [0.25, 0.3) is 0 Å². The third-order valence-corrected chi connectivity index (χ3v) is 4.73. The highest BCUT2D eigenvalue weighted by molar-refractivity contribution is 6.29. The lowest BCUT2D eigenvalue weighted by molar-refractivity contribution is 0.0882. The van der Waals surface area contributed by atoms with Crippen molar-refractivity contribution in [3.05, 3.63) is 36.0 Å². The van der Waals surface area contributed by atoms with Gasteiger partial charge in [-0.3, -0.25) is 4.68 Å². The van der Waals surface area contributed by atoms with E-state index in [-0.39, 0.29) is 5.92 Å². The van der Waals surface area contributed by atoms with Crippen LogP contribution in [-0.4, -0.2) is 24.4 Å². The Morgan fingerprint density at radius 3 is 2.88 bits per heavy atom. The molecule has 0 saturated heterocycles. The predicted molar refractivity (Wildman–Crippen MR) is 85.8 cm³/mol. The number of halogens is 1. The molecule has 0 atom stereocenters. The Kier molecular flexibility index (Phi) is 3.26. The Morgan fingerprint density at radius 2 is 2.12 bits per heavy atom. The summed E-state index contributed by atoms with van der Waals surface area (Å²) in [4.78, 5) is 4.39. The van der Waals surface area contributed by atoms with Crippen molar-refractivity contribution in [1.82, 2.24) is 24.4 Å². The van der Waals surface area contributed by atoms with Crippen LogP contribution in [0.4, 0.5) is 0 Å². The van der Waals surface area contributed by atoms with Gasteiger partial charge in [-0.25, -0.2) is 9.50 Å². The summed E-state index contributed by atoms with van der Waals surface area (Å²) in [5.74, 6) is -0.0168. The van der Waals surface area contributed by atoms with Gasteiger partial charge in [-0.05, 0) is 18.9 Å². The zero-order valence-electron chi connectivity index (χ0n) is 12.6. The Balaban J connectivity index is 1.76. The van der Waals surface area contributed by atoms with E-state index >= 15 is 0 Å². The van der Waals surface area contributed by atoms with E-state index in [1.807, 2.05) is 12.3 Å². The molecule has 0 spiro atoms. The smallest absolute Gasteiger partial charge is 0.148 e. The molecule has 4 rings (SSSR count). The van der Waals surface area contributed by atoms with E-state index in [1.54, 1.807) is 27.8 Å². The molecule has 0 radical (unpaired) electrons. The second kappa shape index (κ2) is 5.33. The Labute approximate surface area is 142 Å². The molecule has 1 saturated carbocycles. The molecule has 1 aliphatic carbocycles. The van der Waals surface area contributed by atoms with Crippen LogP contribution in [0.3, 0.4) is 0 Å². The van der Waals surface area contributed by atoms with Crippen molar-refractivity contribution in [2.24, 2.45) is 5.92 Å². The Bertz CT molecular complexity index is 998. The lowest BCUT2D eigenvalue weighted by Gasteiger charge is -2.43. The average molecular weight is 338 g/mol. The average Bonchev–Trinajstić information content (AvgIpc) is 3.18. The van der Waals surface area contributed by atoms with Crippen molar-refractivity contribution in [1.29, 1.82) is 10.5 Å². The molecular weight excluding hydrogens is 326 g/mol. The highest BCUT2D eigenvalue weighted by Gasteiger charge is 2.46. The lowest BCUT2D eigenvalue weighted by atomic mass is 9.67. The summed E-state index contributed by atoms with van der Waals surface area (Å²) < 4.78 is 3.47. The molecule has 118 valence electrons. The summed E-state index contributed by atoms with van der Waals surface area (Å²) in [5, 5.41) is 27.2. The first-order valence-electron chi connectivity index (χ1n) is 7.47. The topological polar surface area (TPSA) is 95.6 Å². The standard InChI is InChI=1S/C16H12ClN7/c17-14-10-23-13(1-4-20-23)15(22-14)12-8-21-24(9-12)16(2-3-18)5-11(6-16)7-19/h1,4,8-11H,2,5-6H2/t11-,16+. The number of nitriles is 2. The molecule has 0 bridgehead atoms. The maximum absolute atomic E-state index is 9.15. The largest absolute Gasteiger partial charge is 0.265 e. The summed E-state index contributed by atoms with van der Waals surface area (Å²) >= 11 is 6.08. The molecule has 0 unspecified atom stereocenters. The number of hydrogen-bond acceptors (Lipinski definition) is 5. The van der Waals surface area contributed by atoms with Crippen LogP contribution in [0, 0.1) is 28.6 Å². The maximum atomic E-state index is 9.15. The molecule has 0 N–H and O–H groups in total. The van der Waals surface area contributed by atoms with Crippen molar-refractivity contribution in [2.45, 2.75) is 24.8 Å². The van der Waals surface area contributed by atoms with Gasteiger partial charge >= 0.3 is 0 Å². The SMILES string of the molecule is N#CC[C@]1(n2cc(-c3nc(Cl)cn4nccc34)cn2)C[C@@H](C#N)C1. The molecule has 0 aromatic carbocycles. The van der Waals surface area contributed by atoms with E-state index in [1.165, 1.54) is 0 Å². The van der Waals surface area contributed by atoms with Crippen molar-refractivity contribution in [2.75, 3.05) is 0 Å². The minimum Gasteiger partial charge on any atom is -0.265 e.